The summed E-state index contributed by atoms with van der Waals surface area (Å²) >= 11 is 0. The van der Waals surface area contributed by atoms with Gasteiger partial charge in [0.05, 0.1) is 0 Å². The van der Waals surface area contributed by atoms with Crippen molar-refractivity contribution in [2.75, 3.05) is 0 Å². The van der Waals surface area contributed by atoms with Crippen LogP contribution in [-0.2, 0) is 4.79 Å². The van der Waals surface area contributed by atoms with Crippen LogP contribution in [0, 0.1) is 0 Å². The summed E-state index contributed by atoms with van der Waals surface area (Å²) in [6.45, 7) is 2.07. The van der Waals surface area contributed by atoms with E-state index in [1.807, 2.05) is 6.08 Å². The molecular weight excluding hydrogens is 128 g/mol. The van der Waals surface area contributed by atoms with Gasteiger partial charge in [-0.05, 0) is 6.42 Å². The van der Waals surface area contributed by atoms with Crippen LogP contribution >= 0.6 is 0 Å². The predicted octanol–water partition coefficient (Wildman–Crippen LogP) is 1.98. The molecule has 0 aromatic carbocycles. The minimum atomic E-state index is -0.902. The molecule has 0 rings (SSSR count). The molecule has 56 valence electrons. The summed E-state index contributed by atoms with van der Waals surface area (Å²) in [5.74, 6) is -0.902. The minimum absolute atomic E-state index is 0.902. The Balaban J connectivity index is 3.42. The second-order valence-electron chi connectivity index (χ2n) is 1.91. The number of hydrogen-bond donors (Lipinski definition) is 1. The Bertz CT molecular complexity index is 145. The lowest BCUT2D eigenvalue weighted by molar-refractivity contribution is -0.131. The Morgan fingerprint density at radius 3 is 2.70 bits per heavy atom. The molecule has 0 aliphatic carbocycles. The van der Waals surface area contributed by atoms with Gasteiger partial charge in [-0.2, -0.15) is 0 Å². The molecular formula is C8H12O2. The van der Waals surface area contributed by atoms with E-state index in [9.17, 15) is 4.79 Å². The van der Waals surface area contributed by atoms with E-state index in [4.69, 9.17) is 5.11 Å². The normalized spacial score (nSPS) is 11.3. The quantitative estimate of drug-likeness (QED) is 0.479. The van der Waals surface area contributed by atoms with Gasteiger partial charge in [-0.3, -0.25) is 0 Å². The highest BCUT2D eigenvalue weighted by Gasteiger charge is 1.79. The van der Waals surface area contributed by atoms with E-state index in [1.165, 1.54) is 6.08 Å². The topological polar surface area (TPSA) is 37.3 Å². The van der Waals surface area contributed by atoms with E-state index < -0.39 is 5.97 Å². The highest BCUT2D eigenvalue weighted by molar-refractivity contribution is 5.80. The number of unbranched alkanes of at least 4 members (excludes halogenated alkanes) is 1. The Labute approximate surface area is 60.9 Å². The van der Waals surface area contributed by atoms with Gasteiger partial charge in [0.2, 0.25) is 0 Å². The standard InChI is InChI=1S/C8H12O2/c1-2-3-4-5-6-7-8(9)10/h4-7H,2-3H2,1H3,(H,9,10)/b5-4-,7-6+. The molecule has 0 aromatic rings. The molecule has 10 heavy (non-hydrogen) atoms. The molecule has 0 spiro atoms. The molecule has 0 amide bonds. The monoisotopic (exact) mass is 140 g/mol. The van der Waals surface area contributed by atoms with Gasteiger partial charge in [-0.25, -0.2) is 4.79 Å². The molecule has 0 aromatic heterocycles. The highest BCUT2D eigenvalue weighted by atomic mass is 16.4. The van der Waals surface area contributed by atoms with Crippen molar-refractivity contribution in [2.24, 2.45) is 0 Å². The Morgan fingerprint density at radius 1 is 1.50 bits per heavy atom. The van der Waals surface area contributed by atoms with Gasteiger partial charge in [-0.1, -0.05) is 31.6 Å². The number of carboxylic acids is 1. The van der Waals surface area contributed by atoms with Crippen molar-refractivity contribution >= 4 is 5.97 Å². The lowest BCUT2D eigenvalue weighted by Crippen LogP contribution is -1.84. The van der Waals surface area contributed by atoms with Crippen LogP contribution in [0.5, 0.6) is 0 Å². The van der Waals surface area contributed by atoms with Crippen LogP contribution in [0.4, 0.5) is 0 Å². The first-order valence-electron chi connectivity index (χ1n) is 3.33. The highest BCUT2D eigenvalue weighted by Crippen LogP contribution is 1.88. The molecule has 0 atom stereocenters. The average Bonchev–Trinajstić information content (AvgIpc) is 1.87. The molecule has 0 bridgehead atoms. The van der Waals surface area contributed by atoms with Gasteiger partial charge in [0.25, 0.3) is 0 Å². The van der Waals surface area contributed by atoms with Crippen LogP contribution < -0.4 is 0 Å². The van der Waals surface area contributed by atoms with Crippen LogP contribution in [0.1, 0.15) is 19.8 Å². The van der Waals surface area contributed by atoms with Crippen LogP contribution in [0.25, 0.3) is 0 Å². The zero-order valence-corrected chi connectivity index (χ0v) is 6.08. The minimum Gasteiger partial charge on any atom is -0.478 e. The fraction of sp³-hybridized carbons (Fsp3) is 0.375. The van der Waals surface area contributed by atoms with Crippen molar-refractivity contribution < 1.29 is 9.90 Å². The average molecular weight is 140 g/mol. The predicted molar refractivity (Wildman–Crippen MR) is 40.8 cm³/mol. The molecule has 0 aliphatic heterocycles. The van der Waals surface area contributed by atoms with Crippen LogP contribution in [0.2, 0.25) is 0 Å². The van der Waals surface area contributed by atoms with E-state index in [1.54, 1.807) is 6.08 Å². The molecule has 0 fully saturated rings. The molecule has 1 N–H and O–H groups in total. The largest absolute Gasteiger partial charge is 0.478 e. The van der Waals surface area contributed by atoms with Crippen molar-refractivity contribution in [2.45, 2.75) is 19.8 Å². The maximum absolute atomic E-state index is 9.91. The summed E-state index contributed by atoms with van der Waals surface area (Å²) in [5, 5.41) is 8.15. The second-order valence-corrected chi connectivity index (χ2v) is 1.91. The molecule has 0 radical (unpaired) electrons. The summed E-state index contributed by atoms with van der Waals surface area (Å²) in [5.41, 5.74) is 0. The second kappa shape index (κ2) is 6.08. The van der Waals surface area contributed by atoms with Gasteiger partial charge < -0.3 is 5.11 Å². The van der Waals surface area contributed by atoms with E-state index in [0.717, 1.165) is 18.9 Å². The number of rotatable bonds is 4. The molecule has 2 nitrogen and oxygen atoms in total. The zero-order valence-electron chi connectivity index (χ0n) is 6.08. The van der Waals surface area contributed by atoms with E-state index >= 15 is 0 Å². The first-order valence-corrected chi connectivity index (χ1v) is 3.33. The lowest BCUT2D eigenvalue weighted by atomic mass is 10.3. The summed E-state index contributed by atoms with van der Waals surface area (Å²) in [6, 6.07) is 0. The van der Waals surface area contributed by atoms with Crippen LogP contribution in [-0.4, -0.2) is 11.1 Å². The van der Waals surface area contributed by atoms with Crippen molar-refractivity contribution in [1.29, 1.82) is 0 Å². The van der Waals surface area contributed by atoms with Crippen LogP contribution in [0.3, 0.4) is 0 Å². The summed E-state index contributed by atoms with van der Waals surface area (Å²) in [6.07, 6.45) is 8.43. The van der Waals surface area contributed by atoms with Crippen molar-refractivity contribution in [1.82, 2.24) is 0 Å². The maximum atomic E-state index is 9.91. The Kier molecular flexibility index (Phi) is 5.44. The first-order chi connectivity index (χ1) is 4.77. The third-order valence-electron chi connectivity index (χ3n) is 0.941. The third kappa shape index (κ3) is 6.95. The van der Waals surface area contributed by atoms with Gasteiger partial charge in [0.1, 0.15) is 0 Å². The number of hydrogen-bond acceptors (Lipinski definition) is 1. The van der Waals surface area contributed by atoms with E-state index in [2.05, 4.69) is 6.92 Å². The molecule has 0 aliphatic rings. The smallest absolute Gasteiger partial charge is 0.328 e. The summed E-state index contributed by atoms with van der Waals surface area (Å²) in [7, 11) is 0. The zero-order chi connectivity index (χ0) is 7.82. The maximum Gasteiger partial charge on any atom is 0.328 e. The Hall–Kier alpha value is -1.05. The fourth-order valence-corrected chi connectivity index (χ4v) is 0.479. The molecule has 2 heteroatoms. The van der Waals surface area contributed by atoms with Gasteiger partial charge >= 0.3 is 5.97 Å². The third-order valence-corrected chi connectivity index (χ3v) is 0.941. The first kappa shape index (κ1) is 8.95. The molecule has 0 saturated heterocycles. The number of carboxylic acid groups (broad SMARTS) is 1. The van der Waals surface area contributed by atoms with Gasteiger partial charge in [0, 0.05) is 6.08 Å². The SMILES string of the molecule is CCC/C=C\C=C\C(=O)O. The van der Waals surface area contributed by atoms with Gasteiger partial charge in [-0.15, -0.1) is 0 Å². The van der Waals surface area contributed by atoms with E-state index in [0.29, 0.717) is 0 Å². The van der Waals surface area contributed by atoms with Gasteiger partial charge in [0.15, 0.2) is 0 Å². The summed E-state index contributed by atoms with van der Waals surface area (Å²) in [4.78, 5) is 9.91. The lowest BCUT2D eigenvalue weighted by Gasteiger charge is -1.79. The number of carbonyl (C=O) groups is 1. The van der Waals surface area contributed by atoms with Crippen molar-refractivity contribution in [3.63, 3.8) is 0 Å². The summed E-state index contributed by atoms with van der Waals surface area (Å²) < 4.78 is 0. The van der Waals surface area contributed by atoms with Crippen molar-refractivity contribution in [3.8, 4) is 0 Å². The number of allylic oxidation sites excluding steroid dienone is 3. The Morgan fingerprint density at radius 2 is 2.20 bits per heavy atom. The fourth-order valence-electron chi connectivity index (χ4n) is 0.479. The molecule has 0 heterocycles. The molecule has 0 saturated carbocycles. The number of aliphatic carboxylic acids is 1. The van der Waals surface area contributed by atoms with Crippen molar-refractivity contribution in [3.05, 3.63) is 24.3 Å². The molecule has 0 unspecified atom stereocenters. The van der Waals surface area contributed by atoms with Crippen LogP contribution in [0.15, 0.2) is 24.3 Å². The van der Waals surface area contributed by atoms with E-state index in [-0.39, 0.29) is 0 Å².